The highest BCUT2D eigenvalue weighted by Crippen LogP contribution is 2.18. The molecular weight excluding hydrogens is 356 g/mol. The van der Waals surface area contributed by atoms with Crippen molar-refractivity contribution in [3.8, 4) is 0 Å². The molecular formula is C17H19BrN4O. The summed E-state index contributed by atoms with van der Waals surface area (Å²) in [4.78, 5) is 23.1. The highest BCUT2D eigenvalue weighted by atomic mass is 79.9. The molecule has 1 aliphatic heterocycles. The van der Waals surface area contributed by atoms with Gasteiger partial charge in [-0.15, -0.1) is 0 Å². The van der Waals surface area contributed by atoms with Gasteiger partial charge in [0.05, 0.1) is 0 Å². The van der Waals surface area contributed by atoms with Crippen molar-refractivity contribution >= 4 is 33.5 Å². The number of hydrogen-bond donors (Lipinski definition) is 1. The second kappa shape index (κ2) is 7.55. The second-order valence-corrected chi connectivity index (χ2v) is 6.52. The molecule has 3 rings (SSSR count). The number of halogens is 1. The van der Waals surface area contributed by atoms with Crippen molar-refractivity contribution in [3.05, 3.63) is 46.7 Å². The maximum Gasteiger partial charge on any atom is 0.272 e. The molecule has 0 radical (unpaired) electrons. The van der Waals surface area contributed by atoms with Crippen LogP contribution in [-0.2, 0) is 0 Å². The molecule has 1 fully saturated rings. The third-order valence-corrected chi connectivity index (χ3v) is 4.40. The van der Waals surface area contributed by atoms with Gasteiger partial charge in [0.25, 0.3) is 5.91 Å². The molecule has 2 heterocycles. The number of likely N-dealkylation sites (tertiary alicyclic amines) is 1. The first-order chi connectivity index (χ1) is 11.2. The largest absolute Gasteiger partial charge is 0.337 e. The van der Waals surface area contributed by atoms with E-state index in [4.69, 9.17) is 0 Å². The van der Waals surface area contributed by atoms with Crippen molar-refractivity contribution < 1.29 is 4.79 Å². The zero-order valence-electron chi connectivity index (χ0n) is 12.8. The Kier molecular flexibility index (Phi) is 5.23. The molecule has 2 aromatic rings. The van der Waals surface area contributed by atoms with Crippen LogP contribution in [0.15, 0.2) is 41.0 Å². The molecule has 0 bridgehead atoms. The molecule has 120 valence electrons. The Bertz CT molecular complexity index is 667. The summed E-state index contributed by atoms with van der Waals surface area (Å²) in [5.41, 5.74) is 1.33. The lowest BCUT2D eigenvalue weighted by atomic mass is 10.2. The number of nitrogens with one attached hydrogen (secondary N) is 1. The minimum atomic E-state index is -0.00634. The quantitative estimate of drug-likeness (QED) is 0.881. The third kappa shape index (κ3) is 4.28. The lowest BCUT2D eigenvalue weighted by Gasteiger charge is -2.19. The number of aromatic nitrogens is 2. The van der Waals surface area contributed by atoms with Crippen LogP contribution in [0.4, 0.5) is 11.6 Å². The molecule has 6 heteroatoms. The average Bonchev–Trinajstić information content (AvgIpc) is 2.86. The Hall–Kier alpha value is -1.95. The average molecular weight is 375 g/mol. The first-order valence-corrected chi connectivity index (χ1v) is 8.66. The van der Waals surface area contributed by atoms with E-state index in [2.05, 4.69) is 31.2 Å². The fourth-order valence-electron chi connectivity index (χ4n) is 2.64. The molecule has 1 aromatic carbocycles. The van der Waals surface area contributed by atoms with Crippen LogP contribution >= 0.6 is 15.9 Å². The number of carbonyl (C=O) groups excluding carboxylic acids is 1. The smallest absolute Gasteiger partial charge is 0.272 e. The molecule has 0 atom stereocenters. The zero-order valence-corrected chi connectivity index (χ0v) is 14.4. The van der Waals surface area contributed by atoms with Gasteiger partial charge in [0, 0.05) is 29.4 Å². The first kappa shape index (κ1) is 15.9. The van der Waals surface area contributed by atoms with Crippen molar-refractivity contribution in [2.75, 3.05) is 18.4 Å². The number of nitrogens with zero attached hydrogens (tertiary/aromatic N) is 3. The zero-order chi connectivity index (χ0) is 16.1. The monoisotopic (exact) mass is 374 g/mol. The van der Waals surface area contributed by atoms with Gasteiger partial charge < -0.3 is 10.2 Å². The molecule has 0 aliphatic carbocycles. The maximum atomic E-state index is 12.6. The lowest BCUT2D eigenvalue weighted by molar-refractivity contribution is 0.0755. The van der Waals surface area contributed by atoms with Gasteiger partial charge in [0.1, 0.15) is 5.69 Å². The SMILES string of the molecule is O=C(c1ccnc(Nc2ccc(Br)cc2)n1)N1CCCCCC1. The Morgan fingerprint density at radius 3 is 2.43 bits per heavy atom. The van der Waals surface area contributed by atoms with Crippen LogP contribution in [0.1, 0.15) is 36.2 Å². The van der Waals surface area contributed by atoms with E-state index in [0.29, 0.717) is 11.6 Å². The number of rotatable bonds is 3. The standard InChI is InChI=1S/C17H19BrN4O/c18-13-5-7-14(8-6-13)20-17-19-10-9-15(21-17)16(23)22-11-3-1-2-4-12-22/h5-10H,1-4,11-12H2,(H,19,20,21). The number of benzene rings is 1. The van der Waals surface area contributed by atoms with Gasteiger partial charge in [-0.25, -0.2) is 9.97 Å². The highest BCUT2D eigenvalue weighted by Gasteiger charge is 2.18. The van der Waals surface area contributed by atoms with Crippen molar-refractivity contribution in [2.45, 2.75) is 25.7 Å². The molecule has 1 saturated heterocycles. The molecule has 1 N–H and O–H groups in total. The van der Waals surface area contributed by atoms with Crippen LogP contribution in [0.2, 0.25) is 0 Å². The van der Waals surface area contributed by atoms with Gasteiger partial charge in [0.15, 0.2) is 0 Å². The maximum absolute atomic E-state index is 12.6. The molecule has 1 amide bonds. The summed E-state index contributed by atoms with van der Waals surface area (Å²) in [5, 5.41) is 3.13. The third-order valence-electron chi connectivity index (χ3n) is 3.87. The summed E-state index contributed by atoms with van der Waals surface area (Å²) in [6.45, 7) is 1.64. The van der Waals surface area contributed by atoms with Crippen molar-refractivity contribution in [3.63, 3.8) is 0 Å². The molecule has 1 aliphatic rings. The normalized spacial score (nSPS) is 15.1. The lowest BCUT2D eigenvalue weighted by Crippen LogP contribution is -2.32. The minimum Gasteiger partial charge on any atom is -0.337 e. The van der Waals surface area contributed by atoms with Crippen LogP contribution < -0.4 is 5.32 Å². The fourth-order valence-corrected chi connectivity index (χ4v) is 2.90. The summed E-state index contributed by atoms with van der Waals surface area (Å²) in [7, 11) is 0. The summed E-state index contributed by atoms with van der Waals surface area (Å²) >= 11 is 3.40. The van der Waals surface area contributed by atoms with Crippen molar-refractivity contribution in [1.82, 2.24) is 14.9 Å². The Balaban J connectivity index is 1.73. The van der Waals surface area contributed by atoms with Crippen LogP contribution in [-0.4, -0.2) is 33.9 Å². The Morgan fingerprint density at radius 1 is 1.04 bits per heavy atom. The van der Waals surface area contributed by atoms with E-state index in [1.807, 2.05) is 29.2 Å². The van der Waals surface area contributed by atoms with Gasteiger partial charge in [-0.2, -0.15) is 0 Å². The predicted octanol–water partition coefficient (Wildman–Crippen LogP) is 4.00. The molecule has 0 spiro atoms. The summed E-state index contributed by atoms with van der Waals surface area (Å²) in [6, 6.07) is 9.41. The molecule has 5 nitrogen and oxygen atoms in total. The van der Waals surface area contributed by atoms with E-state index < -0.39 is 0 Å². The van der Waals surface area contributed by atoms with E-state index in [9.17, 15) is 4.79 Å². The Labute approximate surface area is 144 Å². The predicted molar refractivity (Wildman–Crippen MR) is 93.8 cm³/mol. The van der Waals surface area contributed by atoms with E-state index in [-0.39, 0.29) is 5.91 Å². The number of amides is 1. The Morgan fingerprint density at radius 2 is 1.74 bits per heavy atom. The topological polar surface area (TPSA) is 58.1 Å². The van der Waals surface area contributed by atoms with Gasteiger partial charge in [0.2, 0.25) is 5.95 Å². The van der Waals surface area contributed by atoms with Gasteiger partial charge in [-0.3, -0.25) is 4.79 Å². The van der Waals surface area contributed by atoms with Gasteiger partial charge in [-0.05, 0) is 43.2 Å². The van der Waals surface area contributed by atoms with Crippen LogP contribution in [0, 0.1) is 0 Å². The molecule has 23 heavy (non-hydrogen) atoms. The summed E-state index contributed by atoms with van der Waals surface area (Å²) in [6.07, 6.45) is 6.16. The molecule has 1 aromatic heterocycles. The van der Waals surface area contributed by atoms with Crippen LogP contribution in [0.3, 0.4) is 0 Å². The van der Waals surface area contributed by atoms with Gasteiger partial charge in [-0.1, -0.05) is 28.8 Å². The highest BCUT2D eigenvalue weighted by molar-refractivity contribution is 9.10. The first-order valence-electron chi connectivity index (χ1n) is 7.87. The van der Waals surface area contributed by atoms with E-state index in [1.165, 1.54) is 12.8 Å². The van der Waals surface area contributed by atoms with Crippen molar-refractivity contribution in [2.24, 2.45) is 0 Å². The molecule has 0 saturated carbocycles. The van der Waals surface area contributed by atoms with Crippen molar-refractivity contribution in [1.29, 1.82) is 0 Å². The van der Waals surface area contributed by atoms with E-state index >= 15 is 0 Å². The number of hydrogen-bond acceptors (Lipinski definition) is 4. The fraction of sp³-hybridized carbons (Fsp3) is 0.353. The van der Waals surface area contributed by atoms with Crippen LogP contribution in [0.5, 0.6) is 0 Å². The number of anilines is 2. The molecule has 0 unspecified atom stereocenters. The second-order valence-electron chi connectivity index (χ2n) is 5.60. The van der Waals surface area contributed by atoms with Crippen LogP contribution in [0.25, 0.3) is 0 Å². The summed E-state index contributed by atoms with van der Waals surface area (Å²) in [5.74, 6) is 0.432. The van der Waals surface area contributed by atoms with E-state index in [1.54, 1.807) is 12.3 Å². The number of carbonyl (C=O) groups is 1. The minimum absolute atomic E-state index is 0.00634. The van der Waals surface area contributed by atoms with E-state index in [0.717, 1.165) is 36.1 Å². The summed E-state index contributed by atoms with van der Waals surface area (Å²) < 4.78 is 1.01. The van der Waals surface area contributed by atoms with Gasteiger partial charge >= 0.3 is 0 Å².